The maximum Gasteiger partial charge on any atom is 0.224 e. The summed E-state index contributed by atoms with van der Waals surface area (Å²) >= 11 is 0. The minimum Gasteiger partial charge on any atom is -0.386 e. The predicted octanol–water partition coefficient (Wildman–Crippen LogP) is 1.87. The Morgan fingerprint density at radius 3 is 2.78 bits per heavy atom. The monoisotopic (exact) mass is 249 g/mol. The van der Waals surface area contributed by atoms with E-state index in [1.807, 2.05) is 19.9 Å². The zero-order chi connectivity index (χ0) is 13.3. The van der Waals surface area contributed by atoms with E-state index in [2.05, 4.69) is 5.32 Å². The number of fused-ring (bicyclic) bond motifs is 1. The van der Waals surface area contributed by atoms with E-state index in [1.54, 1.807) is 7.11 Å². The van der Waals surface area contributed by atoms with Crippen molar-refractivity contribution in [3.8, 4) is 0 Å². The van der Waals surface area contributed by atoms with Gasteiger partial charge in [-0.3, -0.25) is 4.79 Å². The van der Waals surface area contributed by atoms with Crippen molar-refractivity contribution < 1.29 is 14.6 Å². The number of aryl methyl sites for hydroxylation is 1. The van der Waals surface area contributed by atoms with Crippen molar-refractivity contribution in [2.75, 3.05) is 19.0 Å². The van der Waals surface area contributed by atoms with Crippen LogP contribution >= 0.6 is 0 Å². The molecule has 0 spiro atoms. The standard InChI is InChI=1S/C14H19NO3/c1-8-9(2)14-10(4-5-13(17)15-14)6-11(8)12(16)7-18-3/h6,12,16H,4-5,7H2,1-3H3,(H,15,17). The molecule has 1 atom stereocenters. The fraction of sp³-hybridized carbons (Fsp3) is 0.500. The molecule has 1 aromatic carbocycles. The molecule has 4 heteroatoms. The Morgan fingerprint density at radius 1 is 1.39 bits per heavy atom. The number of aliphatic hydroxyl groups excluding tert-OH is 1. The number of nitrogens with one attached hydrogen (secondary N) is 1. The highest BCUT2D eigenvalue weighted by Crippen LogP contribution is 2.33. The van der Waals surface area contributed by atoms with Crippen molar-refractivity contribution in [2.24, 2.45) is 0 Å². The normalized spacial score (nSPS) is 16.1. The van der Waals surface area contributed by atoms with Crippen molar-refractivity contribution in [1.29, 1.82) is 0 Å². The number of carbonyl (C=O) groups excluding carboxylic acids is 1. The van der Waals surface area contributed by atoms with Crippen molar-refractivity contribution in [3.05, 3.63) is 28.3 Å². The first kappa shape index (κ1) is 13.1. The molecule has 2 N–H and O–H groups in total. The van der Waals surface area contributed by atoms with Gasteiger partial charge in [0.25, 0.3) is 0 Å². The van der Waals surface area contributed by atoms with Gasteiger partial charge >= 0.3 is 0 Å². The largest absolute Gasteiger partial charge is 0.386 e. The molecule has 1 amide bonds. The van der Waals surface area contributed by atoms with Gasteiger partial charge in [-0.2, -0.15) is 0 Å². The van der Waals surface area contributed by atoms with E-state index in [9.17, 15) is 9.90 Å². The predicted molar refractivity (Wildman–Crippen MR) is 69.7 cm³/mol. The van der Waals surface area contributed by atoms with Crippen LogP contribution < -0.4 is 5.32 Å². The number of aliphatic hydroxyl groups is 1. The molecule has 0 saturated heterocycles. The second-order valence-electron chi connectivity index (χ2n) is 4.77. The highest BCUT2D eigenvalue weighted by Gasteiger charge is 2.21. The molecule has 4 nitrogen and oxygen atoms in total. The van der Waals surface area contributed by atoms with Gasteiger partial charge in [0.15, 0.2) is 0 Å². The lowest BCUT2D eigenvalue weighted by Gasteiger charge is -2.24. The molecule has 1 aliphatic heterocycles. The number of benzene rings is 1. The summed E-state index contributed by atoms with van der Waals surface area (Å²) in [6, 6.07) is 1.99. The fourth-order valence-corrected chi connectivity index (χ4v) is 2.43. The third kappa shape index (κ3) is 2.26. The van der Waals surface area contributed by atoms with Crippen LogP contribution in [0.25, 0.3) is 0 Å². The van der Waals surface area contributed by atoms with E-state index in [0.717, 1.165) is 34.4 Å². The number of hydrogen-bond donors (Lipinski definition) is 2. The molecule has 0 radical (unpaired) electrons. The van der Waals surface area contributed by atoms with E-state index < -0.39 is 6.10 Å². The fourth-order valence-electron chi connectivity index (χ4n) is 2.43. The molecule has 0 aromatic heterocycles. The second kappa shape index (κ2) is 5.08. The smallest absolute Gasteiger partial charge is 0.224 e. The number of ether oxygens (including phenoxy) is 1. The molecule has 1 heterocycles. The second-order valence-corrected chi connectivity index (χ2v) is 4.77. The summed E-state index contributed by atoms with van der Waals surface area (Å²) in [6.07, 6.45) is 0.626. The first-order valence-corrected chi connectivity index (χ1v) is 6.14. The lowest BCUT2D eigenvalue weighted by atomic mass is 9.90. The van der Waals surface area contributed by atoms with Gasteiger partial charge in [0.2, 0.25) is 5.91 Å². The van der Waals surface area contributed by atoms with Gasteiger partial charge in [-0.05, 0) is 42.5 Å². The number of amides is 1. The van der Waals surface area contributed by atoms with Crippen LogP contribution in [0, 0.1) is 13.8 Å². The summed E-state index contributed by atoms with van der Waals surface area (Å²) < 4.78 is 4.99. The Hall–Kier alpha value is -1.39. The van der Waals surface area contributed by atoms with Crippen LogP contribution in [0.1, 0.15) is 34.8 Å². The maximum absolute atomic E-state index is 11.4. The molecular formula is C14H19NO3. The number of anilines is 1. The molecule has 18 heavy (non-hydrogen) atoms. The summed E-state index contributed by atoms with van der Waals surface area (Å²) in [4.78, 5) is 11.4. The Bertz CT molecular complexity index is 482. The third-order valence-corrected chi connectivity index (χ3v) is 3.59. The summed E-state index contributed by atoms with van der Waals surface area (Å²) in [5, 5.41) is 13.0. The number of rotatable bonds is 3. The first-order chi connectivity index (χ1) is 8.54. The maximum atomic E-state index is 11.4. The highest BCUT2D eigenvalue weighted by atomic mass is 16.5. The zero-order valence-electron chi connectivity index (χ0n) is 11.0. The molecule has 1 unspecified atom stereocenters. The lowest BCUT2D eigenvalue weighted by Crippen LogP contribution is -2.21. The summed E-state index contributed by atoms with van der Waals surface area (Å²) in [6.45, 7) is 4.22. The third-order valence-electron chi connectivity index (χ3n) is 3.59. The van der Waals surface area contributed by atoms with Crippen LogP contribution in [0.5, 0.6) is 0 Å². The quantitative estimate of drug-likeness (QED) is 0.859. The van der Waals surface area contributed by atoms with Crippen LogP contribution in [0.2, 0.25) is 0 Å². The van der Waals surface area contributed by atoms with Crippen molar-refractivity contribution in [1.82, 2.24) is 0 Å². The van der Waals surface area contributed by atoms with Gasteiger partial charge in [-0.1, -0.05) is 6.07 Å². The highest BCUT2D eigenvalue weighted by molar-refractivity contribution is 5.95. The Kier molecular flexibility index (Phi) is 3.68. The average molecular weight is 249 g/mol. The van der Waals surface area contributed by atoms with E-state index >= 15 is 0 Å². The molecule has 1 aromatic rings. The summed E-state index contributed by atoms with van der Waals surface area (Å²) in [7, 11) is 1.57. The van der Waals surface area contributed by atoms with E-state index in [1.165, 1.54) is 0 Å². The zero-order valence-corrected chi connectivity index (χ0v) is 11.0. The molecule has 1 aliphatic rings. The molecule has 98 valence electrons. The average Bonchev–Trinajstić information content (AvgIpc) is 2.34. The molecule has 0 bridgehead atoms. The Morgan fingerprint density at radius 2 is 2.11 bits per heavy atom. The van der Waals surface area contributed by atoms with Gasteiger partial charge in [0.05, 0.1) is 6.61 Å². The molecule has 0 aliphatic carbocycles. The van der Waals surface area contributed by atoms with E-state index in [4.69, 9.17) is 4.74 Å². The van der Waals surface area contributed by atoms with Gasteiger partial charge in [-0.15, -0.1) is 0 Å². The van der Waals surface area contributed by atoms with Crippen LogP contribution in [0.15, 0.2) is 6.07 Å². The van der Waals surface area contributed by atoms with E-state index in [0.29, 0.717) is 6.42 Å². The number of carbonyl (C=O) groups is 1. The molecular weight excluding hydrogens is 230 g/mol. The first-order valence-electron chi connectivity index (χ1n) is 6.14. The van der Waals surface area contributed by atoms with Crippen molar-refractivity contribution >= 4 is 11.6 Å². The lowest BCUT2D eigenvalue weighted by molar-refractivity contribution is -0.116. The Balaban J connectivity index is 2.46. The topological polar surface area (TPSA) is 58.6 Å². The Labute approximate surface area is 107 Å². The summed E-state index contributed by atoms with van der Waals surface area (Å²) in [5.74, 6) is 0.0650. The van der Waals surface area contributed by atoms with Gasteiger partial charge < -0.3 is 15.2 Å². The minimum atomic E-state index is -0.614. The summed E-state index contributed by atoms with van der Waals surface area (Å²) in [5.41, 5.74) is 4.95. The van der Waals surface area contributed by atoms with Gasteiger partial charge in [0, 0.05) is 19.2 Å². The number of methoxy groups -OCH3 is 1. The number of hydrogen-bond acceptors (Lipinski definition) is 3. The van der Waals surface area contributed by atoms with Crippen molar-refractivity contribution in [3.63, 3.8) is 0 Å². The molecule has 2 rings (SSSR count). The van der Waals surface area contributed by atoms with Crippen LogP contribution in [-0.2, 0) is 16.0 Å². The van der Waals surface area contributed by atoms with Crippen LogP contribution in [0.4, 0.5) is 5.69 Å². The van der Waals surface area contributed by atoms with E-state index in [-0.39, 0.29) is 12.5 Å². The van der Waals surface area contributed by atoms with Crippen LogP contribution in [-0.4, -0.2) is 24.7 Å². The van der Waals surface area contributed by atoms with Crippen LogP contribution in [0.3, 0.4) is 0 Å². The molecule has 0 fully saturated rings. The minimum absolute atomic E-state index is 0.0650. The SMILES string of the molecule is COCC(O)c1cc2c(c(C)c1C)NC(=O)CC2. The van der Waals surface area contributed by atoms with Gasteiger partial charge in [-0.25, -0.2) is 0 Å². The van der Waals surface area contributed by atoms with Gasteiger partial charge in [0.1, 0.15) is 6.10 Å². The van der Waals surface area contributed by atoms with Crippen molar-refractivity contribution in [2.45, 2.75) is 32.8 Å². The molecule has 0 saturated carbocycles.